The Morgan fingerprint density at radius 1 is 0.935 bits per heavy atom. The fraction of sp³-hybridized carbons (Fsp3) is 0.250. The van der Waals surface area contributed by atoms with Crippen molar-refractivity contribution in [3.63, 3.8) is 0 Å². The summed E-state index contributed by atoms with van der Waals surface area (Å²) in [5.41, 5.74) is -0.316. The molecule has 0 saturated heterocycles. The first-order valence-electron chi connectivity index (χ1n) is 9.37. The van der Waals surface area contributed by atoms with E-state index in [1.54, 1.807) is 13.8 Å². The summed E-state index contributed by atoms with van der Waals surface area (Å²) in [5, 5.41) is 0.423. The summed E-state index contributed by atoms with van der Waals surface area (Å²) in [6.07, 6.45) is 0. The minimum absolute atomic E-state index is 0.0181. The third-order valence-electron chi connectivity index (χ3n) is 4.66. The zero-order valence-corrected chi connectivity index (χ0v) is 18.8. The molecular weight excluding hydrogens is 444 g/mol. The lowest BCUT2D eigenvalue weighted by Crippen LogP contribution is -2.30. The van der Waals surface area contributed by atoms with Gasteiger partial charge in [-0.15, -0.1) is 0 Å². The molecule has 0 aliphatic rings. The molecule has 166 valence electrons. The van der Waals surface area contributed by atoms with Crippen LogP contribution in [0.2, 0.25) is 0 Å². The number of hydrogen-bond acceptors (Lipinski definition) is 7. The van der Waals surface area contributed by atoms with Crippen LogP contribution in [0.4, 0.5) is 5.69 Å². The Kier molecular flexibility index (Phi) is 6.39. The van der Waals surface area contributed by atoms with Gasteiger partial charge in [0.2, 0.25) is 10.0 Å². The number of fused-ring (bicyclic) bond motifs is 1. The molecule has 0 aliphatic heterocycles. The number of methoxy groups -OCH3 is 1. The van der Waals surface area contributed by atoms with E-state index in [0.717, 1.165) is 0 Å². The molecule has 0 atom stereocenters. The zero-order chi connectivity index (χ0) is 22.8. The largest absolute Gasteiger partial charge is 0.495 e. The van der Waals surface area contributed by atoms with Crippen molar-refractivity contribution in [1.82, 2.24) is 4.31 Å². The Bertz CT molecular complexity index is 1380. The lowest BCUT2D eigenvalue weighted by Gasteiger charge is -2.20. The Morgan fingerprint density at radius 3 is 2.26 bits per heavy atom. The normalized spacial score (nSPS) is 12.3. The Balaban J connectivity index is 2.04. The molecular formula is C20H22N2O7S2. The van der Waals surface area contributed by atoms with Gasteiger partial charge < -0.3 is 9.15 Å². The Labute approximate surface area is 180 Å². The number of rotatable bonds is 8. The molecule has 0 fully saturated rings. The lowest BCUT2D eigenvalue weighted by molar-refractivity contribution is 0.416. The van der Waals surface area contributed by atoms with Crippen molar-refractivity contribution in [2.45, 2.75) is 23.6 Å². The average Bonchev–Trinajstić information content (AvgIpc) is 2.73. The van der Waals surface area contributed by atoms with Crippen molar-refractivity contribution in [1.29, 1.82) is 0 Å². The Hall–Kier alpha value is -2.89. The maximum absolute atomic E-state index is 13.0. The summed E-state index contributed by atoms with van der Waals surface area (Å²) in [5.74, 6) is 0.161. The average molecular weight is 467 g/mol. The molecule has 9 nitrogen and oxygen atoms in total. The van der Waals surface area contributed by atoms with Crippen LogP contribution in [0, 0.1) is 0 Å². The molecule has 0 spiro atoms. The number of nitrogens with one attached hydrogen (secondary N) is 1. The zero-order valence-electron chi connectivity index (χ0n) is 17.2. The second-order valence-electron chi connectivity index (χ2n) is 6.51. The van der Waals surface area contributed by atoms with E-state index in [1.807, 2.05) is 0 Å². The number of sulfonamides is 2. The van der Waals surface area contributed by atoms with Gasteiger partial charge in [0.1, 0.15) is 11.3 Å². The molecule has 3 rings (SSSR count). The predicted molar refractivity (Wildman–Crippen MR) is 116 cm³/mol. The summed E-state index contributed by atoms with van der Waals surface area (Å²) in [7, 11) is -6.55. The van der Waals surface area contributed by atoms with E-state index < -0.39 is 25.7 Å². The fourth-order valence-electron chi connectivity index (χ4n) is 3.06. The van der Waals surface area contributed by atoms with Crippen LogP contribution in [0.3, 0.4) is 0 Å². The number of anilines is 1. The van der Waals surface area contributed by atoms with Crippen molar-refractivity contribution in [2.24, 2.45) is 0 Å². The van der Waals surface area contributed by atoms with E-state index in [4.69, 9.17) is 9.15 Å². The van der Waals surface area contributed by atoms with E-state index >= 15 is 0 Å². The van der Waals surface area contributed by atoms with E-state index in [-0.39, 0.29) is 39.9 Å². The first-order chi connectivity index (χ1) is 14.6. The van der Waals surface area contributed by atoms with Crippen molar-refractivity contribution in [3.8, 4) is 5.75 Å². The van der Waals surface area contributed by atoms with E-state index in [2.05, 4.69) is 4.72 Å². The SMILES string of the molecule is CCN(CC)S(=O)(=O)c1ccc(OC)c(NS(=O)(=O)c2ccc3oc(=O)ccc3c2)c1. The van der Waals surface area contributed by atoms with Crippen LogP contribution in [0.5, 0.6) is 5.75 Å². The smallest absolute Gasteiger partial charge is 0.336 e. The van der Waals surface area contributed by atoms with Gasteiger partial charge in [0.05, 0.1) is 22.6 Å². The molecule has 1 heterocycles. The molecule has 0 saturated carbocycles. The van der Waals surface area contributed by atoms with Gasteiger partial charge in [-0.05, 0) is 42.5 Å². The second-order valence-corrected chi connectivity index (χ2v) is 10.1. The van der Waals surface area contributed by atoms with Gasteiger partial charge in [-0.25, -0.2) is 21.6 Å². The molecule has 31 heavy (non-hydrogen) atoms. The maximum Gasteiger partial charge on any atom is 0.336 e. The van der Waals surface area contributed by atoms with E-state index in [9.17, 15) is 21.6 Å². The molecule has 2 aromatic carbocycles. The molecule has 11 heteroatoms. The number of benzene rings is 2. The maximum atomic E-state index is 13.0. The summed E-state index contributed by atoms with van der Waals surface area (Å²) in [4.78, 5) is 11.2. The van der Waals surface area contributed by atoms with Gasteiger partial charge in [0, 0.05) is 24.5 Å². The van der Waals surface area contributed by atoms with Gasteiger partial charge in [-0.3, -0.25) is 4.72 Å². The van der Waals surface area contributed by atoms with Crippen molar-refractivity contribution in [3.05, 3.63) is 59.0 Å². The van der Waals surface area contributed by atoms with Crippen molar-refractivity contribution >= 4 is 36.7 Å². The van der Waals surface area contributed by atoms with Crippen LogP contribution in [-0.2, 0) is 20.0 Å². The number of nitrogens with zero attached hydrogens (tertiary/aromatic N) is 1. The van der Waals surface area contributed by atoms with E-state index in [1.165, 1.54) is 59.9 Å². The highest BCUT2D eigenvalue weighted by atomic mass is 32.2. The summed E-state index contributed by atoms with van der Waals surface area (Å²) < 4.78 is 65.5. The quantitative estimate of drug-likeness (QED) is 0.506. The summed E-state index contributed by atoms with van der Waals surface area (Å²) >= 11 is 0. The number of hydrogen-bond donors (Lipinski definition) is 1. The Morgan fingerprint density at radius 2 is 1.61 bits per heavy atom. The fourth-order valence-corrected chi connectivity index (χ4v) is 5.64. The van der Waals surface area contributed by atoms with Crippen LogP contribution >= 0.6 is 0 Å². The molecule has 1 aromatic heterocycles. The van der Waals surface area contributed by atoms with E-state index in [0.29, 0.717) is 5.39 Å². The second kappa shape index (κ2) is 8.69. The van der Waals surface area contributed by atoms with Gasteiger partial charge in [-0.2, -0.15) is 4.31 Å². The minimum Gasteiger partial charge on any atom is -0.495 e. The van der Waals surface area contributed by atoms with Crippen LogP contribution in [0.25, 0.3) is 11.0 Å². The van der Waals surface area contributed by atoms with Crippen LogP contribution in [0.15, 0.2) is 67.5 Å². The first-order valence-corrected chi connectivity index (χ1v) is 12.3. The molecule has 1 N–H and O–H groups in total. The summed E-state index contributed by atoms with van der Waals surface area (Å²) in [6.45, 7) is 3.99. The molecule has 0 radical (unpaired) electrons. The molecule has 0 amide bonds. The van der Waals surface area contributed by atoms with Crippen LogP contribution in [0.1, 0.15) is 13.8 Å². The van der Waals surface area contributed by atoms with Gasteiger partial charge in [0.15, 0.2) is 0 Å². The highest BCUT2D eigenvalue weighted by Gasteiger charge is 2.24. The van der Waals surface area contributed by atoms with Crippen LogP contribution in [-0.4, -0.2) is 41.3 Å². The molecule has 0 aliphatic carbocycles. The molecule has 3 aromatic rings. The highest BCUT2D eigenvalue weighted by Crippen LogP contribution is 2.31. The third kappa shape index (κ3) is 4.58. The first kappa shape index (κ1) is 22.8. The van der Waals surface area contributed by atoms with Crippen LogP contribution < -0.4 is 15.1 Å². The van der Waals surface area contributed by atoms with Gasteiger partial charge >= 0.3 is 5.63 Å². The van der Waals surface area contributed by atoms with Crippen molar-refractivity contribution in [2.75, 3.05) is 24.9 Å². The highest BCUT2D eigenvalue weighted by molar-refractivity contribution is 7.92. The predicted octanol–water partition coefficient (Wildman–Crippen LogP) is 2.63. The van der Waals surface area contributed by atoms with Gasteiger partial charge in [0.25, 0.3) is 10.0 Å². The topological polar surface area (TPSA) is 123 Å². The van der Waals surface area contributed by atoms with Gasteiger partial charge in [-0.1, -0.05) is 13.8 Å². The minimum atomic E-state index is -4.10. The summed E-state index contributed by atoms with van der Waals surface area (Å²) in [6, 6.07) is 10.6. The lowest BCUT2D eigenvalue weighted by atomic mass is 10.2. The third-order valence-corrected chi connectivity index (χ3v) is 8.07. The number of ether oxygens (including phenoxy) is 1. The standard InChI is InChI=1S/C20H22N2O7S2/c1-4-22(5-2)31(26,27)16-8-10-19(28-3)17(13-16)21-30(24,25)15-7-9-18-14(12-15)6-11-20(23)29-18/h6-13,21H,4-5H2,1-3H3. The molecule has 0 bridgehead atoms. The molecule has 0 unspecified atom stereocenters. The van der Waals surface area contributed by atoms with Crippen molar-refractivity contribution < 1.29 is 26.0 Å². The monoisotopic (exact) mass is 466 g/mol.